The van der Waals surface area contributed by atoms with Gasteiger partial charge in [0.05, 0.1) is 4.91 Å². The summed E-state index contributed by atoms with van der Waals surface area (Å²) >= 11 is 6.00. The maximum absolute atomic E-state index is 10.8. The summed E-state index contributed by atoms with van der Waals surface area (Å²) in [5.41, 5.74) is 0. The maximum atomic E-state index is 10.8. The second-order valence-corrected chi connectivity index (χ2v) is 3.33. The summed E-state index contributed by atoms with van der Waals surface area (Å²) in [7, 11) is 0. The summed E-state index contributed by atoms with van der Waals surface area (Å²) in [6.45, 7) is 3.47. The number of nitrogens with one attached hydrogen (secondary N) is 1. The zero-order valence-electron chi connectivity index (χ0n) is 5.09. The van der Waals surface area contributed by atoms with Crippen LogP contribution in [0.2, 0.25) is 0 Å². The normalized spacial score (nSPS) is 21.4. The van der Waals surface area contributed by atoms with Gasteiger partial charge in [-0.1, -0.05) is 36.6 Å². The van der Waals surface area contributed by atoms with E-state index in [1.165, 1.54) is 11.8 Å². The van der Waals surface area contributed by atoms with E-state index >= 15 is 0 Å². The van der Waals surface area contributed by atoms with Crippen molar-refractivity contribution in [1.82, 2.24) is 5.32 Å². The van der Waals surface area contributed by atoms with Gasteiger partial charge in [0.2, 0.25) is 0 Å². The highest BCUT2D eigenvalue weighted by atomic mass is 32.2. The van der Waals surface area contributed by atoms with E-state index in [9.17, 15) is 4.79 Å². The Hall–Kier alpha value is -0.610. The number of carbonyl (C=O) groups excluding carboxylic acids is 1. The summed E-state index contributed by atoms with van der Waals surface area (Å²) < 4.78 is 0.512. The van der Waals surface area contributed by atoms with Gasteiger partial charge in [-0.25, -0.2) is 0 Å². The molecular formula is C6H5NOS2. The van der Waals surface area contributed by atoms with Crippen molar-refractivity contribution in [3.63, 3.8) is 0 Å². The fourth-order valence-electron chi connectivity index (χ4n) is 0.543. The number of rotatable bonds is 1. The number of allylic oxidation sites excluding steroid dienone is 2. The van der Waals surface area contributed by atoms with Gasteiger partial charge in [-0.3, -0.25) is 4.79 Å². The lowest BCUT2D eigenvalue weighted by Gasteiger charge is -1.83. The largest absolute Gasteiger partial charge is 0.307 e. The van der Waals surface area contributed by atoms with Crippen molar-refractivity contribution < 1.29 is 4.79 Å². The molecule has 1 heterocycles. The van der Waals surface area contributed by atoms with E-state index in [-0.39, 0.29) is 5.91 Å². The Kier molecular flexibility index (Phi) is 2.24. The van der Waals surface area contributed by atoms with Crippen molar-refractivity contribution in [1.29, 1.82) is 0 Å². The smallest absolute Gasteiger partial charge is 0.263 e. The number of carbonyl (C=O) groups is 1. The highest BCUT2D eigenvalue weighted by Crippen LogP contribution is 2.22. The Bertz CT molecular complexity index is 232. The third-order valence-electron chi connectivity index (χ3n) is 0.911. The number of hydrogen-bond donors (Lipinski definition) is 1. The molecule has 1 saturated heterocycles. The van der Waals surface area contributed by atoms with Gasteiger partial charge < -0.3 is 5.32 Å². The Morgan fingerprint density at radius 1 is 1.70 bits per heavy atom. The summed E-state index contributed by atoms with van der Waals surface area (Å²) in [5, 5.41) is 2.49. The third-order valence-corrected chi connectivity index (χ3v) is 2.09. The predicted molar refractivity (Wildman–Crippen MR) is 46.6 cm³/mol. The van der Waals surface area contributed by atoms with Crippen molar-refractivity contribution >= 4 is 34.2 Å². The van der Waals surface area contributed by atoms with Crippen LogP contribution in [0.1, 0.15) is 0 Å². The molecule has 52 valence electrons. The Morgan fingerprint density at radius 3 is 2.80 bits per heavy atom. The minimum absolute atomic E-state index is 0.130. The van der Waals surface area contributed by atoms with Gasteiger partial charge in [0, 0.05) is 0 Å². The molecule has 0 radical (unpaired) electrons. The average molecular weight is 171 g/mol. The molecule has 0 aromatic heterocycles. The number of hydrogen-bond acceptors (Lipinski definition) is 3. The number of thiocarbonyl (C=S) groups is 1. The molecule has 1 fully saturated rings. The first kappa shape index (κ1) is 7.50. The molecule has 0 bridgehead atoms. The Morgan fingerprint density at radius 2 is 2.40 bits per heavy atom. The molecule has 0 unspecified atom stereocenters. The van der Waals surface area contributed by atoms with Gasteiger partial charge >= 0.3 is 0 Å². The highest BCUT2D eigenvalue weighted by Gasteiger charge is 2.20. The minimum Gasteiger partial charge on any atom is -0.307 e. The molecular weight excluding hydrogens is 166 g/mol. The lowest BCUT2D eigenvalue weighted by molar-refractivity contribution is -0.115. The molecule has 0 saturated carbocycles. The van der Waals surface area contributed by atoms with E-state index in [1.807, 2.05) is 0 Å². The molecule has 1 rings (SSSR count). The van der Waals surface area contributed by atoms with E-state index in [0.29, 0.717) is 9.23 Å². The van der Waals surface area contributed by atoms with Gasteiger partial charge in [-0.05, 0) is 6.08 Å². The van der Waals surface area contributed by atoms with Crippen molar-refractivity contribution in [3.8, 4) is 0 Å². The van der Waals surface area contributed by atoms with Gasteiger partial charge in [-0.15, -0.1) is 0 Å². The van der Waals surface area contributed by atoms with Crippen LogP contribution in [0.15, 0.2) is 23.6 Å². The summed E-state index contributed by atoms with van der Waals surface area (Å²) in [5.74, 6) is -0.130. The van der Waals surface area contributed by atoms with Crippen LogP contribution < -0.4 is 5.32 Å². The SMILES string of the molecule is C=CC=C1SC(=S)NC1=O. The molecule has 1 N–H and O–H groups in total. The fraction of sp³-hybridized carbons (Fsp3) is 0. The first-order chi connectivity index (χ1) is 4.74. The zero-order valence-corrected chi connectivity index (χ0v) is 6.72. The van der Waals surface area contributed by atoms with Crippen molar-refractivity contribution in [2.45, 2.75) is 0 Å². The predicted octanol–water partition coefficient (Wildman–Crippen LogP) is 1.20. The molecule has 0 aliphatic carbocycles. The van der Waals surface area contributed by atoms with Crippen molar-refractivity contribution in [3.05, 3.63) is 23.6 Å². The van der Waals surface area contributed by atoms with Crippen LogP contribution >= 0.6 is 24.0 Å². The van der Waals surface area contributed by atoms with Crippen LogP contribution in [0, 0.1) is 0 Å². The van der Waals surface area contributed by atoms with Gasteiger partial charge in [0.25, 0.3) is 5.91 Å². The van der Waals surface area contributed by atoms with E-state index < -0.39 is 0 Å². The average Bonchev–Trinajstić information content (AvgIpc) is 2.13. The van der Waals surface area contributed by atoms with Crippen LogP contribution in [-0.4, -0.2) is 10.2 Å². The van der Waals surface area contributed by atoms with E-state index in [1.54, 1.807) is 12.2 Å². The molecule has 0 atom stereocenters. The molecule has 10 heavy (non-hydrogen) atoms. The Labute approximate surface area is 68.4 Å². The fourth-order valence-corrected chi connectivity index (χ4v) is 1.56. The summed E-state index contributed by atoms with van der Waals surface area (Å²) in [6.07, 6.45) is 3.20. The lowest BCUT2D eigenvalue weighted by Crippen LogP contribution is -2.17. The minimum atomic E-state index is -0.130. The van der Waals surface area contributed by atoms with Gasteiger partial charge in [0.1, 0.15) is 4.32 Å². The Balaban J connectivity index is 2.81. The summed E-state index contributed by atoms with van der Waals surface area (Å²) in [4.78, 5) is 11.5. The van der Waals surface area contributed by atoms with E-state index in [2.05, 4.69) is 11.9 Å². The van der Waals surface area contributed by atoms with Crippen LogP contribution in [-0.2, 0) is 4.79 Å². The highest BCUT2D eigenvalue weighted by molar-refractivity contribution is 8.26. The molecule has 1 aliphatic rings. The maximum Gasteiger partial charge on any atom is 0.263 e. The van der Waals surface area contributed by atoms with Crippen molar-refractivity contribution in [2.24, 2.45) is 0 Å². The van der Waals surface area contributed by atoms with E-state index in [0.717, 1.165) is 0 Å². The van der Waals surface area contributed by atoms with Crippen LogP contribution in [0.5, 0.6) is 0 Å². The van der Waals surface area contributed by atoms with Crippen LogP contribution in [0.25, 0.3) is 0 Å². The van der Waals surface area contributed by atoms with Gasteiger partial charge in [0.15, 0.2) is 0 Å². The topological polar surface area (TPSA) is 29.1 Å². The molecule has 4 heteroatoms. The molecule has 2 nitrogen and oxygen atoms in total. The molecule has 1 amide bonds. The molecule has 0 aromatic carbocycles. The standard InChI is InChI=1S/C6H5NOS2/c1-2-3-4-5(8)7-6(9)10-4/h2-3H,1H2,(H,7,8,9). The molecule has 0 spiro atoms. The second-order valence-electron chi connectivity index (χ2n) is 1.61. The molecule has 0 aromatic rings. The molecule has 1 aliphatic heterocycles. The van der Waals surface area contributed by atoms with Crippen LogP contribution in [0.3, 0.4) is 0 Å². The first-order valence-electron chi connectivity index (χ1n) is 2.60. The first-order valence-corrected chi connectivity index (χ1v) is 3.82. The van der Waals surface area contributed by atoms with E-state index in [4.69, 9.17) is 12.2 Å². The zero-order chi connectivity index (χ0) is 7.56. The van der Waals surface area contributed by atoms with Gasteiger partial charge in [-0.2, -0.15) is 0 Å². The van der Waals surface area contributed by atoms with Crippen LogP contribution in [0.4, 0.5) is 0 Å². The quantitative estimate of drug-likeness (QED) is 0.475. The number of thioether (sulfide) groups is 1. The monoisotopic (exact) mass is 171 g/mol. The number of amides is 1. The van der Waals surface area contributed by atoms with Crippen molar-refractivity contribution in [2.75, 3.05) is 0 Å². The second kappa shape index (κ2) is 2.98. The lowest BCUT2D eigenvalue weighted by atomic mass is 10.4. The third kappa shape index (κ3) is 1.46. The summed E-state index contributed by atoms with van der Waals surface area (Å²) in [6, 6.07) is 0.